The van der Waals surface area contributed by atoms with Crippen molar-refractivity contribution in [3.8, 4) is 0 Å². The van der Waals surface area contributed by atoms with E-state index in [1.54, 1.807) is 40.4 Å². The Morgan fingerprint density at radius 1 is 0.862 bits per heavy atom. The van der Waals surface area contributed by atoms with Gasteiger partial charge in [0.15, 0.2) is 0 Å². The third kappa shape index (κ3) is 7.34. The fourth-order valence-corrected chi connectivity index (χ4v) is 13.4. The molecule has 0 bridgehead atoms. The summed E-state index contributed by atoms with van der Waals surface area (Å²) in [6, 6.07) is 14.6. The summed E-state index contributed by atoms with van der Waals surface area (Å²) in [5, 5.41) is 13.1. The van der Waals surface area contributed by atoms with Gasteiger partial charge in [0, 0.05) is 48.2 Å². The van der Waals surface area contributed by atoms with Crippen LogP contribution in [0.4, 0.5) is 10.1 Å². The predicted molar refractivity (Wildman–Crippen MR) is 249 cm³/mol. The first-order chi connectivity index (χ1) is 31.1. The van der Waals surface area contributed by atoms with Crippen LogP contribution >= 0.6 is 23.2 Å². The summed E-state index contributed by atoms with van der Waals surface area (Å²) >= 11 is 13.0. The minimum absolute atomic E-state index is 0.0434. The van der Waals surface area contributed by atoms with Gasteiger partial charge >= 0.3 is 5.69 Å². The maximum absolute atomic E-state index is 16.5. The molecule has 4 aromatic rings. The highest BCUT2D eigenvalue weighted by Gasteiger charge is 2.73. The molecule has 12 nitrogen and oxygen atoms in total. The molecule has 5 fully saturated rings. The van der Waals surface area contributed by atoms with Crippen molar-refractivity contribution in [3.05, 3.63) is 97.6 Å². The zero-order valence-corrected chi connectivity index (χ0v) is 38.8. The smallest absolute Gasteiger partial charge is 0.329 e. The number of aromatic nitrogens is 2. The van der Waals surface area contributed by atoms with Crippen molar-refractivity contribution in [3.63, 3.8) is 0 Å². The van der Waals surface area contributed by atoms with Crippen molar-refractivity contribution < 1.29 is 23.6 Å². The zero-order chi connectivity index (χ0) is 45.6. The van der Waals surface area contributed by atoms with E-state index in [0.29, 0.717) is 35.9 Å². The van der Waals surface area contributed by atoms with Crippen molar-refractivity contribution in [1.82, 2.24) is 30.0 Å². The topological polar surface area (TPSA) is 147 Å². The molecule has 15 heteroatoms. The van der Waals surface area contributed by atoms with Crippen molar-refractivity contribution in [2.75, 3.05) is 25.0 Å². The van der Waals surface area contributed by atoms with Crippen molar-refractivity contribution in [1.29, 1.82) is 0 Å². The molecule has 4 amide bonds. The molecule has 1 aromatic heterocycles. The number of anilines is 1. The lowest BCUT2D eigenvalue weighted by atomic mass is 9.53. The number of likely N-dealkylation sites (tertiary alicyclic amines) is 1. The van der Waals surface area contributed by atoms with Gasteiger partial charge in [0.05, 0.1) is 22.1 Å². The van der Waals surface area contributed by atoms with Crippen LogP contribution in [0.25, 0.3) is 11.0 Å². The highest BCUT2D eigenvalue weighted by atomic mass is 35.5. The van der Waals surface area contributed by atoms with Crippen molar-refractivity contribution in [2.45, 2.75) is 132 Å². The van der Waals surface area contributed by atoms with Crippen LogP contribution in [-0.4, -0.2) is 74.9 Å². The zero-order valence-electron chi connectivity index (χ0n) is 37.3. The summed E-state index contributed by atoms with van der Waals surface area (Å²) in [4.78, 5) is 70.5. The average molecular weight is 927 g/mol. The van der Waals surface area contributed by atoms with E-state index in [9.17, 15) is 24.0 Å². The van der Waals surface area contributed by atoms with E-state index in [-0.39, 0.29) is 57.8 Å². The summed E-state index contributed by atoms with van der Waals surface area (Å²) < 4.78 is 19.7. The van der Waals surface area contributed by atoms with E-state index in [2.05, 4.69) is 46.1 Å². The fourth-order valence-electron chi connectivity index (χ4n) is 13.0. The van der Waals surface area contributed by atoms with Gasteiger partial charge in [0.2, 0.25) is 23.6 Å². The van der Waals surface area contributed by atoms with E-state index in [0.717, 1.165) is 93.2 Å². The first-order valence-electron chi connectivity index (χ1n) is 23.5. The number of aryl methyl sites for hydroxylation is 1. The molecule has 2 spiro atoms. The molecule has 2 aliphatic carbocycles. The fraction of sp³-hybridized carbons (Fsp3) is 0.540. The van der Waals surface area contributed by atoms with Gasteiger partial charge in [-0.1, -0.05) is 67.4 Å². The van der Waals surface area contributed by atoms with Crippen LogP contribution in [0.15, 0.2) is 59.4 Å². The normalized spacial score (nSPS) is 29.0. The number of imidazole rings is 1. The lowest BCUT2D eigenvalue weighted by molar-refractivity contribution is -0.136. The summed E-state index contributed by atoms with van der Waals surface area (Å²) in [5.41, 5.74) is 1.94. The Bertz CT molecular complexity index is 2650. The Balaban J connectivity index is 0.826. The highest BCUT2D eigenvalue weighted by Crippen LogP contribution is 2.64. The molecule has 4 atom stereocenters. The minimum atomic E-state index is -1.30. The van der Waals surface area contributed by atoms with Crippen LogP contribution in [0.1, 0.15) is 125 Å². The summed E-state index contributed by atoms with van der Waals surface area (Å²) in [6.45, 7) is 7.30. The standard InChI is InChI=1S/C50H58Cl2FN7O5/c1-48(2)20-22-49(23-21-48)50(34-15-12-30(51)26-36(34)55-46(50)64)40(33-7-4-8-35(52)41(33)53)42(57-49)45(63)54-31-13-10-28(11-14-31)27-59-24-18-29(19-25-59)32-6-5-9-37-43(32)58(3)47(65)60(37)38-16-17-39(61)56-44(38)62/h4-9,12,15,26,28-29,31,38,40,42,57H,10-11,13-14,16-25,27H2,1-3H3,(H,54,63)(H,55,64)(H,56,61,62)/t28-,31-,38?,40-,42+,50+/m0/s1. The van der Waals surface area contributed by atoms with Crippen LogP contribution in [0, 0.1) is 17.2 Å². The molecule has 3 aromatic carbocycles. The number of hydrogen-bond donors (Lipinski definition) is 4. The average Bonchev–Trinajstić information content (AvgIpc) is 3.84. The van der Waals surface area contributed by atoms with Gasteiger partial charge < -0.3 is 15.5 Å². The van der Waals surface area contributed by atoms with Gasteiger partial charge in [0.25, 0.3) is 0 Å². The number of para-hydroxylation sites is 1. The van der Waals surface area contributed by atoms with E-state index in [4.69, 9.17) is 23.2 Å². The van der Waals surface area contributed by atoms with Crippen LogP contribution in [0.5, 0.6) is 0 Å². The van der Waals surface area contributed by atoms with Crippen LogP contribution in [0.3, 0.4) is 0 Å². The van der Waals surface area contributed by atoms with E-state index in [1.165, 1.54) is 6.07 Å². The molecule has 344 valence electrons. The van der Waals surface area contributed by atoms with Crippen LogP contribution in [0.2, 0.25) is 10.0 Å². The summed E-state index contributed by atoms with van der Waals surface area (Å²) in [5.74, 6) is -1.98. The number of carbonyl (C=O) groups excluding carboxylic acids is 4. The molecule has 10 rings (SSSR count). The number of piperidine rings is 2. The first kappa shape index (κ1) is 44.3. The highest BCUT2D eigenvalue weighted by molar-refractivity contribution is 6.31. The van der Waals surface area contributed by atoms with Crippen LogP contribution in [-0.2, 0) is 31.6 Å². The SMILES string of the molecule is Cn1c(=O)n(C2CCC(=O)NC2=O)c2cccc(C3CCN(C[C@H]4CC[C@H](NC(=O)[C@@H]5NC6(CCC(C)(C)CC6)[C@@]6(C(=O)Nc7cc(Cl)ccc76)[C@H]5c5cccc(Cl)c5F)CC4)CC3)c21. The Hall–Kier alpha value is -4.56. The number of benzene rings is 3. The second-order valence-corrected chi connectivity index (χ2v) is 21.5. The molecule has 4 aliphatic heterocycles. The van der Waals surface area contributed by atoms with E-state index < -0.39 is 40.7 Å². The third-order valence-corrected chi connectivity index (χ3v) is 17.0. The van der Waals surface area contributed by atoms with E-state index >= 15 is 4.39 Å². The number of nitrogens with zero attached hydrogens (tertiary/aromatic N) is 3. The third-order valence-electron chi connectivity index (χ3n) is 16.4. The lowest BCUT2D eigenvalue weighted by Crippen LogP contribution is -2.61. The van der Waals surface area contributed by atoms with Crippen molar-refractivity contribution in [2.24, 2.45) is 18.4 Å². The van der Waals surface area contributed by atoms with Gasteiger partial charge in [-0.15, -0.1) is 0 Å². The Morgan fingerprint density at radius 3 is 2.29 bits per heavy atom. The monoisotopic (exact) mass is 925 g/mol. The summed E-state index contributed by atoms with van der Waals surface area (Å²) in [6.07, 6.45) is 8.89. The second kappa shape index (κ2) is 16.6. The van der Waals surface area contributed by atoms with Gasteiger partial charge in [-0.05, 0) is 142 Å². The Labute approximate surface area is 388 Å². The van der Waals surface area contributed by atoms with Gasteiger partial charge in [-0.2, -0.15) is 0 Å². The molecule has 5 heterocycles. The molecule has 1 unspecified atom stereocenters. The number of nitrogens with one attached hydrogen (secondary N) is 4. The van der Waals surface area contributed by atoms with Crippen LogP contribution < -0.4 is 27.0 Å². The number of fused-ring (bicyclic) bond motifs is 4. The van der Waals surface area contributed by atoms with E-state index in [1.807, 2.05) is 18.2 Å². The first-order valence-corrected chi connectivity index (χ1v) is 24.3. The Morgan fingerprint density at radius 2 is 1.57 bits per heavy atom. The predicted octanol–water partition coefficient (Wildman–Crippen LogP) is 7.60. The maximum Gasteiger partial charge on any atom is 0.329 e. The number of imide groups is 1. The maximum atomic E-state index is 16.5. The molecule has 4 N–H and O–H groups in total. The number of halogens is 3. The largest absolute Gasteiger partial charge is 0.352 e. The van der Waals surface area contributed by atoms with Gasteiger partial charge in [-0.3, -0.25) is 38.9 Å². The molecule has 2 saturated carbocycles. The quantitative estimate of drug-likeness (QED) is 0.140. The Kier molecular flexibility index (Phi) is 11.3. The molecular weight excluding hydrogens is 868 g/mol. The van der Waals surface area contributed by atoms with Gasteiger partial charge in [0.1, 0.15) is 17.3 Å². The molecular formula is C50H58Cl2FN7O5. The number of carbonyl (C=O) groups is 4. The molecule has 0 radical (unpaired) electrons. The summed E-state index contributed by atoms with van der Waals surface area (Å²) in [7, 11) is 1.76. The lowest BCUT2D eigenvalue weighted by Gasteiger charge is -2.50. The van der Waals surface area contributed by atoms with Gasteiger partial charge in [-0.25, -0.2) is 9.18 Å². The molecule has 65 heavy (non-hydrogen) atoms. The number of amides is 4. The number of rotatable bonds is 7. The minimum Gasteiger partial charge on any atom is -0.352 e. The van der Waals surface area contributed by atoms with Crippen molar-refractivity contribution >= 4 is 63.6 Å². The second-order valence-electron chi connectivity index (χ2n) is 20.6. The number of hydrogen-bond acceptors (Lipinski definition) is 7. The molecule has 6 aliphatic rings. The molecule has 3 saturated heterocycles.